The third-order valence-corrected chi connectivity index (χ3v) is 5.53. The highest BCUT2D eigenvalue weighted by atomic mass is 19.1. The molecule has 0 saturated heterocycles. The van der Waals surface area contributed by atoms with Crippen molar-refractivity contribution in [1.82, 2.24) is 29.9 Å². The number of hydrogen-bond acceptors (Lipinski definition) is 7. The highest BCUT2D eigenvalue weighted by Gasteiger charge is 2.10. The summed E-state index contributed by atoms with van der Waals surface area (Å²) in [5, 5.41) is 17.4. The van der Waals surface area contributed by atoms with Crippen LogP contribution in [0, 0.1) is 12.7 Å². The van der Waals surface area contributed by atoms with E-state index >= 15 is 0 Å². The second-order valence-corrected chi connectivity index (χ2v) is 7.89. The van der Waals surface area contributed by atoms with Gasteiger partial charge in [-0.05, 0) is 42.5 Å². The van der Waals surface area contributed by atoms with E-state index in [1.807, 2.05) is 42.5 Å². The molecule has 34 heavy (non-hydrogen) atoms. The van der Waals surface area contributed by atoms with Crippen molar-refractivity contribution in [3.63, 3.8) is 0 Å². The molecule has 1 N–H and O–H groups in total. The highest BCUT2D eigenvalue weighted by molar-refractivity contribution is 5.85. The molecule has 6 aromatic rings. The van der Waals surface area contributed by atoms with Crippen molar-refractivity contribution in [1.29, 1.82) is 0 Å². The number of rotatable bonds is 5. The fourth-order valence-electron chi connectivity index (χ4n) is 3.85. The zero-order chi connectivity index (χ0) is 23.1. The van der Waals surface area contributed by atoms with Crippen molar-refractivity contribution in [2.24, 2.45) is 0 Å². The number of nitrogens with one attached hydrogen (secondary N) is 1. The lowest BCUT2D eigenvalue weighted by molar-refractivity contribution is 0.533. The summed E-state index contributed by atoms with van der Waals surface area (Å²) < 4.78 is 21.3. The van der Waals surface area contributed by atoms with Crippen LogP contribution in [-0.4, -0.2) is 29.9 Å². The van der Waals surface area contributed by atoms with Gasteiger partial charge in [0.05, 0.1) is 23.8 Å². The van der Waals surface area contributed by atoms with Crippen molar-refractivity contribution in [3.8, 4) is 11.5 Å². The van der Waals surface area contributed by atoms with Crippen molar-refractivity contribution in [2.75, 3.05) is 5.32 Å². The molecular formula is C25H18FN7O. The van der Waals surface area contributed by atoms with Crippen LogP contribution in [0.4, 0.5) is 16.0 Å². The van der Waals surface area contributed by atoms with Crippen molar-refractivity contribution in [2.45, 2.75) is 13.5 Å². The van der Waals surface area contributed by atoms with Crippen molar-refractivity contribution in [3.05, 3.63) is 90.3 Å². The molecule has 9 heteroatoms. The maximum absolute atomic E-state index is 14.0. The first-order valence-corrected chi connectivity index (χ1v) is 10.7. The number of benzene rings is 3. The highest BCUT2D eigenvalue weighted by Crippen LogP contribution is 2.25. The fraction of sp³-hybridized carbons (Fsp3) is 0.0800. The number of nitrogens with zero attached hydrogens (tertiary/aromatic N) is 6. The molecule has 3 heterocycles. The van der Waals surface area contributed by atoms with E-state index in [0.29, 0.717) is 29.8 Å². The Kier molecular flexibility index (Phi) is 4.72. The average Bonchev–Trinajstić information content (AvgIpc) is 3.46. The number of anilines is 2. The summed E-state index contributed by atoms with van der Waals surface area (Å²) in [5.41, 5.74) is 3.94. The molecule has 0 radical (unpaired) electrons. The maximum Gasteiger partial charge on any atom is 0.247 e. The molecule has 6 rings (SSSR count). The van der Waals surface area contributed by atoms with E-state index in [1.54, 1.807) is 36.1 Å². The van der Waals surface area contributed by atoms with Crippen LogP contribution in [-0.2, 0) is 6.54 Å². The van der Waals surface area contributed by atoms with Gasteiger partial charge in [-0.1, -0.05) is 18.2 Å². The molecule has 0 spiro atoms. The maximum atomic E-state index is 14.0. The third kappa shape index (κ3) is 3.73. The molecule has 8 nitrogen and oxygen atoms in total. The predicted octanol–water partition coefficient (Wildman–Crippen LogP) is 5.27. The Morgan fingerprint density at radius 1 is 0.971 bits per heavy atom. The van der Waals surface area contributed by atoms with Gasteiger partial charge in [-0.25, -0.2) is 14.4 Å². The average molecular weight is 451 g/mol. The van der Waals surface area contributed by atoms with Crippen LogP contribution >= 0.6 is 0 Å². The lowest BCUT2D eigenvalue weighted by atomic mass is 10.1. The first kappa shape index (κ1) is 20.0. The smallest absolute Gasteiger partial charge is 0.247 e. The van der Waals surface area contributed by atoms with E-state index in [2.05, 4.69) is 30.6 Å². The summed E-state index contributed by atoms with van der Waals surface area (Å²) in [7, 11) is 0. The molecule has 3 aromatic heterocycles. The van der Waals surface area contributed by atoms with Crippen LogP contribution in [0.15, 0.2) is 77.5 Å². The number of aryl methyl sites for hydroxylation is 1. The van der Waals surface area contributed by atoms with Crippen LogP contribution in [0.1, 0.15) is 11.5 Å². The summed E-state index contributed by atoms with van der Waals surface area (Å²) in [4.78, 5) is 9.05. The zero-order valence-corrected chi connectivity index (χ0v) is 18.1. The lowest BCUT2D eigenvalue weighted by Crippen LogP contribution is -2.03. The second kappa shape index (κ2) is 8.04. The normalized spacial score (nSPS) is 11.4. The van der Waals surface area contributed by atoms with Crippen LogP contribution in [0.5, 0.6) is 0 Å². The molecule has 0 aliphatic heterocycles. The topological polar surface area (TPSA) is 94.6 Å². The SMILES string of the molecule is Cc1nnc(-c2ccc3nc(Nc4ccc5c(cnn5Cc5ccccc5F)c4)ncc3c2)o1. The molecule has 166 valence electrons. The van der Waals surface area contributed by atoms with E-state index in [9.17, 15) is 4.39 Å². The van der Waals surface area contributed by atoms with Gasteiger partial charge < -0.3 is 9.73 Å². The van der Waals surface area contributed by atoms with Crippen molar-refractivity contribution < 1.29 is 8.81 Å². The van der Waals surface area contributed by atoms with Gasteiger partial charge in [0.1, 0.15) is 5.82 Å². The molecule has 0 saturated carbocycles. The summed E-state index contributed by atoms with van der Waals surface area (Å²) in [5.74, 6) is 1.22. The van der Waals surface area contributed by atoms with Gasteiger partial charge in [-0.15, -0.1) is 10.2 Å². The Morgan fingerprint density at radius 3 is 2.74 bits per heavy atom. The van der Waals surface area contributed by atoms with Crippen LogP contribution < -0.4 is 5.32 Å². The van der Waals surface area contributed by atoms with Gasteiger partial charge in [0.2, 0.25) is 17.7 Å². The molecule has 0 unspecified atom stereocenters. The van der Waals surface area contributed by atoms with Gasteiger partial charge in [0.15, 0.2) is 0 Å². The van der Waals surface area contributed by atoms with Crippen molar-refractivity contribution >= 4 is 33.4 Å². The minimum absolute atomic E-state index is 0.239. The number of halogens is 1. The predicted molar refractivity (Wildman–Crippen MR) is 126 cm³/mol. The van der Waals surface area contributed by atoms with Gasteiger partial charge in [0, 0.05) is 40.7 Å². The number of hydrogen-bond donors (Lipinski definition) is 1. The summed E-state index contributed by atoms with van der Waals surface area (Å²) >= 11 is 0. The minimum atomic E-state index is -0.239. The van der Waals surface area contributed by atoms with E-state index in [4.69, 9.17) is 4.42 Å². The minimum Gasteiger partial charge on any atom is -0.421 e. The van der Waals surface area contributed by atoms with E-state index in [-0.39, 0.29) is 5.82 Å². The Labute approximate surface area is 193 Å². The Hall–Kier alpha value is -4.66. The largest absolute Gasteiger partial charge is 0.421 e. The first-order chi connectivity index (χ1) is 16.6. The van der Waals surface area contributed by atoms with Crippen LogP contribution in [0.3, 0.4) is 0 Å². The molecule has 0 aliphatic carbocycles. The number of aromatic nitrogens is 6. The van der Waals surface area contributed by atoms with E-state index in [1.165, 1.54) is 6.07 Å². The van der Waals surface area contributed by atoms with Crippen LogP contribution in [0.2, 0.25) is 0 Å². The summed E-state index contributed by atoms with van der Waals surface area (Å²) in [6.07, 6.45) is 3.52. The quantitative estimate of drug-likeness (QED) is 0.382. The third-order valence-electron chi connectivity index (χ3n) is 5.53. The van der Waals surface area contributed by atoms with Gasteiger partial charge in [-0.3, -0.25) is 4.68 Å². The second-order valence-electron chi connectivity index (χ2n) is 7.89. The van der Waals surface area contributed by atoms with E-state index in [0.717, 1.165) is 33.1 Å². The molecule has 0 aliphatic rings. The zero-order valence-electron chi connectivity index (χ0n) is 18.1. The molecule has 0 amide bonds. The van der Waals surface area contributed by atoms with E-state index < -0.39 is 0 Å². The van der Waals surface area contributed by atoms with Gasteiger partial charge in [-0.2, -0.15) is 5.10 Å². The Morgan fingerprint density at radius 2 is 1.88 bits per heavy atom. The summed E-state index contributed by atoms with van der Waals surface area (Å²) in [6.45, 7) is 2.12. The molecule has 0 bridgehead atoms. The fourth-order valence-corrected chi connectivity index (χ4v) is 3.85. The lowest BCUT2D eigenvalue weighted by Gasteiger charge is -2.08. The monoisotopic (exact) mass is 451 g/mol. The number of fused-ring (bicyclic) bond motifs is 2. The van der Waals surface area contributed by atoms with Gasteiger partial charge in [0.25, 0.3) is 0 Å². The Bertz CT molecular complexity index is 1660. The van der Waals surface area contributed by atoms with Gasteiger partial charge >= 0.3 is 0 Å². The van der Waals surface area contributed by atoms with Crippen LogP contribution in [0.25, 0.3) is 33.3 Å². The molecular weight excluding hydrogens is 433 g/mol. The Balaban J connectivity index is 1.24. The first-order valence-electron chi connectivity index (χ1n) is 10.7. The molecule has 0 fully saturated rings. The standard InChI is InChI=1S/C25H18FN7O/c1-15-31-32-24(34-15)16-6-8-22-18(10-16)12-27-25(30-22)29-20-7-9-23-19(11-20)13-28-33(23)14-17-4-2-3-5-21(17)26/h2-13H,14H2,1H3,(H,27,29,30). The molecule has 3 aromatic carbocycles. The molecule has 0 atom stereocenters. The summed E-state index contributed by atoms with van der Waals surface area (Å²) in [6, 6.07) is 18.3.